The Bertz CT molecular complexity index is 383. The molecule has 1 amide bonds. The number of hydrogen-bond acceptors (Lipinski definition) is 3. The smallest absolute Gasteiger partial charge is 0.256 e. The molecule has 5 heteroatoms. The standard InChI is InChI=1S/C12H17ClN2O2/c1-8(2)10(13)7-15-11(16)9-5-4-6-14-12(9)17-3/h4-6,8,10H,7H2,1-3H3,(H,15,16). The third-order valence-electron chi connectivity index (χ3n) is 2.39. The molecule has 0 spiro atoms. The highest BCUT2D eigenvalue weighted by Gasteiger charge is 2.15. The van der Waals surface area contributed by atoms with Gasteiger partial charge in [-0.3, -0.25) is 4.79 Å². The van der Waals surface area contributed by atoms with Crippen molar-refractivity contribution in [1.82, 2.24) is 10.3 Å². The third-order valence-corrected chi connectivity index (χ3v) is 3.05. The Morgan fingerprint density at radius 3 is 2.88 bits per heavy atom. The van der Waals surface area contributed by atoms with Crippen LogP contribution in [-0.2, 0) is 0 Å². The van der Waals surface area contributed by atoms with E-state index in [-0.39, 0.29) is 11.3 Å². The number of pyridine rings is 1. The topological polar surface area (TPSA) is 51.2 Å². The molecule has 0 aliphatic heterocycles. The highest BCUT2D eigenvalue weighted by atomic mass is 35.5. The molecule has 0 radical (unpaired) electrons. The summed E-state index contributed by atoms with van der Waals surface area (Å²) in [4.78, 5) is 15.8. The number of aromatic nitrogens is 1. The first-order valence-electron chi connectivity index (χ1n) is 5.47. The zero-order valence-corrected chi connectivity index (χ0v) is 11.0. The summed E-state index contributed by atoms with van der Waals surface area (Å²) in [6.07, 6.45) is 1.58. The molecule has 1 unspecified atom stereocenters. The number of methoxy groups -OCH3 is 1. The lowest BCUT2D eigenvalue weighted by Crippen LogP contribution is -2.32. The number of alkyl halides is 1. The predicted molar refractivity (Wildman–Crippen MR) is 67.6 cm³/mol. The van der Waals surface area contributed by atoms with E-state index in [1.54, 1.807) is 18.3 Å². The van der Waals surface area contributed by atoms with E-state index in [1.165, 1.54) is 7.11 Å². The molecule has 1 aromatic rings. The molecule has 0 aliphatic carbocycles. The summed E-state index contributed by atoms with van der Waals surface area (Å²) >= 11 is 6.06. The molecule has 0 bridgehead atoms. The van der Waals surface area contributed by atoms with E-state index in [2.05, 4.69) is 10.3 Å². The average molecular weight is 257 g/mol. The largest absolute Gasteiger partial charge is 0.480 e. The first kappa shape index (κ1) is 13.8. The summed E-state index contributed by atoms with van der Waals surface area (Å²) in [7, 11) is 1.48. The van der Waals surface area contributed by atoms with Crippen molar-refractivity contribution >= 4 is 17.5 Å². The molecule has 1 aromatic heterocycles. The average Bonchev–Trinajstić information content (AvgIpc) is 2.35. The Balaban J connectivity index is 2.64. The summed E-state index contributed by atoms with van der Waals surface area (Å²) in [6.45, 7) is 4.44. The van der Waals surface area contributed by atoms with Crippen LogP contribution in [0.5, 0.6) is 5.88 Å². The van der Waals surface area contributed by atoms with Crippen LogP contribution >= 0.6 is 11.6 Å². The van der Waals surface area contributed by atoms with E-state index in [0.717, 1.165) is 0 Å². The van der Waals surface area contributed by atoms with Gasteiger partial charge < -0.3 is 10.1 Å². The SMILES string of the molecule is COc1ncccc1C(=O)NCC(Cl)C(C)C. The monoisotopic (exact) mass is 256 g/mol. The van der Waals surface area contributed by atoms with Crippen LogP contribution in [0.3, 0.4) is 0 Å². The minimum atomic E-state index is -0.221. The van der Waals surface area contributed by atoms with Crippen LogP contribution in [0.4, 0.5) is 0 Å². The van der Waals surface area contributed by atoms with E-state index >= 15 is 0 Å². The van der Waals surface area contributed by atoms with Gasteiger partial charge in [-0.15, -0.1) is 11.6 Å². The molecular formula is C12H17ClN2O2. The Labute approximate surface area is 106 Å². The number of ether oxygens (including phenoxy) is 1. The van der Waals surface area contributed by atoms with Gasteiger partial charge in [-0.1, -0.05) is 13.8 Å². The van der Waals surface area contributed by atoms with Crippen molar-refractivity contribution in [3.63, 3.8) is 0 Å². The minimum Gasteiger partial charge on any atom is -0.480 e. The number of carbonyl (C=O) groups is 1. The second-order valence-electron chi connectivity index (χ2n) is 4.03. The highest BCUT2D eigenvalue weighted by molar-refractivity contribution is 6.21. The van der Waals surface area contributed by atoms with Crippen LogP contribution in [0.15, 0.2) is 18.3 Å². The first-order valence-corrected chi connectivity index (χ1v) is 5.91. The van der Waals surface area contributed by atoms with E-state index in [1.807, 2.05) is 13.8 Å². The zero-order chi connectivity index (χ0) is 12.8. The Kier molecular flexibility index (Phi) is 5.22. The quantitative estimate of drug-likeness (QED) is 0.821. The van der Waals surface area contributed by atoms with Crippen LogP contribution in [0.1, 0.15) is 24.2 Å². The minimum absolute atomic E-state index is 0.0818. The van der Waals surface area contributed by atoms with Crippen molar-refractivity contribution in [3.8, 4) is 5.88 Å². The number of amides is 1. The van der Waals surface area contributed by atoms with Crippen molar-refractivity contribution in [2.24, 2.45) is 5.92 Å². The van der Waals surface area contributed by atoms with Gasteiger partial charge in [0.25, 0.3) is 5.91 Å². The van der Waals surface area contributed by atoms with E-state index in [4.69, 9.17) is 16.3 Å². The van der Waals surface area contributed by atoms with Crippen LogP contribution in [0.2, 0.25) is 0 Å². The normalized spacial score (nSPS) is 12.3. The molecule has 0 saturated carbocycles. The van der Waals surface area contributed by atoms with Crippen LogP contribution in [0.25, 0.3) is 0 Å². The zero-order valence-electron chi connectivity index (χ0n) is 10.2. The summed E-state index contributed by atoms with van der Waals surface area (Å²) < 4.78 is 5.02. The first-order chi connectivity index (χ1) is 8.06. The van der Waals surface area contributed by atoms with Crippen LogP contribution < -0.4 is 10.1 Å². The van der Waals surface area contributed by atoms with Crippen molar-refractivity contribution in [2.75, 3.05) is 13.7 Å². The van der Waals surface area contributed by atoms with Gasteiger partial charge in [-0.2, -0.15) is 0 Å². The summed E-state index contributed by atoms with van der Waals surface area (Å²) in [5.74, 6) is 0.412. The number of nitrogens with zero attached hydrogens (tertiary/aromatic N) is 1. The lowest BCUT2D eigenvalue weighted by atomic mass is 10.1. The summed E-state index contributed by atoms with van der Waals surface area (Å²) in [5.41, 5.74) is 0.419. The molecular weight excluding hydrogens is 240 g/mol. The second kappa shape index (κ2) is 6.45. The van der Waals surface area contributed by atoms with Gasteiger partial charge in [-0.05, 0) is 18.1 Å². The van der Waals surface area contributed by atoms with Crippen LogP contribution in [-0.4, -0.2) is 29.9 Å². The maximum atomic E-state index is 11.9. The fraction of sp³-hybridized carbons (Fsp3) is 0.500. The third kappa shape index (κ3) is 3.89. The van der Waals surface area contributed by atoms with Crippen molar-refractivity contribution < 1.29 is 9.53 Å². The van der Waals surface area contributed by atoms with Crippen LogP contribution in [0, 0.1) is 5.92 Å². The van der Waals surface area contributed by atoms with Gasteiger partial charge in [0.1, 0.15) is 5.56 Å². The number of rotatable bonds is 5. The van der Waals surface area contributed by atoms with E-state index in [9.17, 15) is 4.79 Å². The predicted octanol–water partition coefficient (Wildman–Crippen LogP) is 2.08. The second-order valence-corrected chi connectivity index (χ2v) is 4.59. The molecule has 0 aliphatic rings. The molecule has 1 atom stereocenters. The fourth-order valence-electron chi connectivity index (χ4n) is 1.25. The molecule has 0 fully saturated rings. The van der Waals surface area contributed by atoms with Gasteiger partial charge in [0, 0.05) is 12.7 Å². The maximum absolute atomic E-state index is 11.9. The number of halogens is 1. The lowest BCUT2D eigenvalue weighted by Gasteiger charge is -2.14. The molecule has 1 heterocycles. The van der Waals surface area contributed by atoms with Gasteiger partial charge in [0.15, 0.2) is 0 Å². The van der Waals surface area contributed by atoms with Crippen molar-refractivity contribution in [2.45, 2.75) is 19.2 Å². The fourth-order valence-corrected chi connectivity index (χ4v) is 1.32. The van der Waals surface area contributed by atoms with E-state index in [0.29, 0.717) is 23.9 Å². The Morgan fingerprint density at radius 2 is 2.29 bits per heavy atom. The Morgan fingerprint density at radius 1 is 1.59 bits per heavy atom. The number of carbonyl (C=O) groups excluding carboxylic acids is 1. The molecule has 1 N–H and O–H groups in total. The van der Waals surface area contributed by atoms with E-state index < -0.39 is 0 Å². The van der Waals surface area contributed by atoms with Gasteiger partial charge in [-0.25, -0.2) is 4.98 Å². The number of nitrogens with one attached hydrogen (secondary N) is 1. The van der Waals surface area contributed by atoms with Crippen molar-refractivity contribution in [3.05, 3.63) is 23.9 Å². The van der Waals surface area contributed by atoms with Gasteiger partial charge in [0.05, 0.1) is 12.5 Å². The van der Waals surface area contributed by atoms with Gasteiger partial charge >= 0.3 is 0 Å². The summed E-state index contributed by atoms with van der Waals surface area (Å²) in [5, 5.41) is 2.68. The molecule has 94 valence electrons. The molecule has 0 saturated heterocycles. The van der Waals surface area contributed by atoms with Gasteiger partial charge in [0.2, 0.25) is 5.88 Å². The Hall–Kier alpha value is -1.29. The molecule has 1 rings (SSSR count). The molecule has 17 heavy (non-hydrogen) atoms. The lowest BCUT2D eigenvalue weighted by molar-refractivity contribution is 0.0948. The molecule has 0 aromatic carbocycles. The summed E-state index contributed by atoms with van der Waals surface area (Å²) in [6, 6.07) is 3.36. The molecule has 4 nitrogen and oxygen atoms in total. The maximum Gasteiger partial charge on any atom is 0.256 e. The highest BCUT2D eigenvalue weighted by Crippen LogP contribution is 2.14. The van der Waals surface area contributed by atoms with Crippen molar-refractivity contribution in [1.29, 1.82) is 0 Å². The number of hydrogen-bond donors (Lipinski definition) is 1.